The van der Waals surface area contributed by atoms with Crippen molar-refractivity contribution in [3.63, 3.8) is 0 Å². The Hall–Kier alpha value is -1.54. The van der Waals surface area contributed by atoms with Crippen molar-refractivity contribution in [3.05, 3.63) is 22.3 Å². The van der Waals surface area contributed by atoms with Crippen LogP contribution in [0.3, 0.4) is 0 Å². The molecule has 0 aliphatic heterocycles. The van der Waals surface area contributed by atoms with Crippen molar-refractivity contribution in [2.75, 3.05) is 5.32 Å². The Labute approximate surface area is 102 Å². The summed E-state index contributed by atoms with van der Waals surface area (Å²) in [6.07, 6.45) is 6.61. The number of aromatic carboxylic acids is 1. The summed E-state index contributed by atoms with van der Waals surface area (Å²) in [7, 11) is 0. The molecule has 1 aromatic rings. The SMILES string of the molecule is C#CC(C)(C)Nc1ncc(C(=O)O)cc1Br. The topological polar surface area (TPSA) is 62.2 Å². The minimum Gasteiger partial charge on any atom is -0.478 e. The van der Waals surface area contributed by atoms with E-state index >= 15 is 0 Å². The van der Waals surface area contributed by atoms with Gasteiger partial charge in [0.15, 0.2) is 0 Å². The standard InChI is InChI=1S/C11H11BrN2O2/c1-4-11(2,3)14-9-8(12)5-7(6-13-9)10(15)16/h1,5-6H,2-3H3,(H,13,14)(H,15,16). The average Bonchev–Trinajstić information content (AvgIpc) is 2.20. The number of rotatable bonds is 3. The summed E-state index contributed by atoms with van der Waals surface area (Å²) < 4.78 is 0.565. The molecule has 0 bridgehead atoms. The fourth-order valence-electron chi connectivity index (χ4n) is 0.979. The molecular formula is C11H11BrN2O2. The number of aromatic nitrogens is 1. The van der Waals surface area contributed by atoms with E-state index in [1.54, 1.807) is 0 Å². The van der Waals surface area contributed by atoms with E-state index in [2.05, 4.69) is 32.2 Å². The molecular weight excluding hydrogens is 272 g/mol. The maximum Gasteiger partial charge on any atom is 0.337 e. The number of hydrogen-bond acceptors (Lipinski definition) is 3. The minimum absolute atomic E-state index is 0.121. The zero-order valence-electron chi connectivity index (χ0n) is 8.91. The summed E-state index contributed by atoms with van der Waals surface area (Å²) >= 11 is 3.24. The van der Waals surface area contributed by atoms with Crippen molar-refractivity contribution in [1.82, 2.24) is 4.98 Å². The van der Waals surface area contributed by atoms with Crippen LogP contribution in [0.2, 0.25) is 0 Å². The summed E-state index contributed by atoms with van der Waals surface area (Å²) in [6, 6.07) is 1.48. The first-order valence-electron chi connectivity index (χ1n) is 4.50. The maximum atomic E-state index is 10.7. The molecule has 0 radical (unpaired) electrons. The van der Waals surface area contributed by atoms with Gasteiger partial charge in [-0.1, -0.05) is 5.92 Å². The van der Waals surface area contributed by atoms with Crippen molar-refractivity contribution < 1.29 is 9.90 Å². The van der Waals surface area contributed by atoms with Gasteiger partial charge in [0.05, 0.1) is 15.6 Å². The van der Waals surface area contributed by atoms with Gasteiger partial charge >= 0.3 is 5.97 Å². The van der Waals surface area contributed by atoms with E-state index in [0.717, 1.165) is 0 Å². The van der Waals surface area contributed by atoms with Crippen LogP contribution in [0.1, 0.15) is 24.2 Å². The molecule has 1 aromatic heterocycles. The summed E-state index contributed by atoms with van der Waals surface area (Å²) in [5.74, 6) is 2.07. The van der Waals surface area contributed by atoms with Gasteiger partial charge < -0.3 is 10.4 Å². The molecule has 0 spiro atoms. The molecule has 16 heavy (non-hydrogen) atoms. The van der Waals surface area contributed by atoms with Crippen LogP contribution in [-0.2, 0) is 0 Å². The highest BCUT2D eigenvalue weighted by Crippen LogP contribution is 2.23. The number of terminal acetylenes is 1. The van der Waals surface area contributed by atoms with Crippen LogP contribution in [0.5, 0.6) is 0 Å². The third kappa shape index (κ3) is 2.97. The van der Waals surface area contributed by atoms with Crippen LogP contribution >= 0.6 is 15.9 Å². The van der Waals surface area contributed by atoms with E-state index in [9.17, 15) is 4.79 Å². The number of carboxylic acid groups (broad SMARTS) is 1. The predicted octanol–water partition coefficient (Wildman–Crippen LogP) is 2.37. The first kappa shape index (κ1) is 12.5. The highest BCUT2D eigenvalue weighted by atomic mass is 79.9. The Morgan fingerprint density at radius 1 is 1.69 bits per heavy atom. The highest BCUT2D eigenvalue weighted by molar-refractivity contribution is 9.10. The smallest absolute Gasteiger partial charge is 0.337 e. The largest absolute Gasteiger partial charge is 0.478 e. The van der Waals surface area contributed by atoms with Crippen LogP contribution in [0.25, 0.3) is 0 Å². The molecule has 0 aromatic carbocycles. The molecule has 0 atom stereocenters. The molecule has 0 saturated carbocycles. The van der Waals surface area contributed by atoms with Crippen LogP contribution in [0, 0.1) is 12.3 Å². The van der Waals surface area contributed by atoms with Crippen molar-refractivity contribution in [2.45, 2.75) is 19.4 Å². The van der Waals surface area contributed by atoms with Crippen molar-refractivity contribution in [3.8, 4) is 12.3 Å². The summed E-state index contributed by atoms with van der Waals surface area (Å²) in [5, 5.41) is 11.8. The molecule has 0 aliphatic carbocycles. The van der Waals surface area contributed by atoms with Gasteiger partial charge in [-0.2, -0.15) is 0 Å². The molecule has 0 fully saturated rings. The summed E-state index contributed by atoms with van der Waals surface area (Å²) in [4.78, 5) is 14.7. The molecule has 1 heterocycles. The molecule has 84 valence electrons. The third-order valence-corrected chi connectivity index (χ3v) is 2.48. The van der Waals surface area contributed by atoms with Gasteiger partial charge in [0.1, 0.15) is 5.82 Å². The van der Waals surface area contributed by atoms with Gasteiger partial charge in [0.2, 0.25) is 0 Å². The average molecular weight is 283 g/mol. The first-order valence-corrected chi connectivity index (χ1v) is 5.30. The quantitative estimate of drug-likeness (QED) is 0.836. The van der Waals surface area contributed by atoms with Crippen molar-refractivity contribution >= 4 is 27.7 Å². The molecule has 5 heteroatoms. The second-order valence-corrected chi connectivity index (χ2v) is 4.61. The fraction of sp³-hybridized carbons (Fsp3) is 0.273. The van der Waals surface area contributed by atoms with Gasteiger partial charge in [-0.05, 0) is 35.8 Å². The lowest BCUT2D eigenvalue weighted by atomic mass is 10.1. The van der Waals surface area contributed by atoms with E-state index in [1.165, 1.54) is 12.3 Å². The van der Waals surface area contributed by atoms with Crippen LogP contribution in [0.4, 0.5) is 5.82 Å². The van der Waals surface area contributed by atoms with Gasteiger partial charge in [0, 0.05) is 6.20 Å². The van der Waals surface area contributed by atoms with Crippen LogP contribution in [0.15, 0.2) is 16.7 Å². The molecule has 0 aliphatic rings. The Bertz CT molecular complexity index is 464. The first-order chi connectivity index (χ1) is 7.35. The lowest BCUT2D eigenvalue weighted by Gasteiger charge is -2.21. The zero-order valence-corrected chi connectivity index (χ0v) is 10.5. The van der Waals surface area contributed by atoms with E-state index in [0.29, 0.717) is 10.3 Å². The summed E-state index contributed by atoms with van der Waals surface area (Å²) in [5.41, 5.74) is -0.420. The predicted molar refractivity (Wildman–Crippen MR) is 65.4 cm³/mol. The number of nitrogens with one attached hydrogen (secondary N) is 1. The number of carboxylic acids is 1. The second kappa shape index (κ2) is 4.54. The number of halogens is 1. The van der Waals surface area contributed by atoms with E-state index in [-0.39, 0.29) is 5.56 Å². The molecule has 2 N–H and O–H groups in total. The molecule has 0 unspecified atom stereocenters. The van der Waals surface area contributed by atoms with Gasteiger partial charge in [-0.15, -0.1) is 6.42 Å². The van der Waals surface area contributed by atoms with E-state index in [1.807, 2.05) is 13.8 Å². The number of hydrogen-bond donors (Lipinski definition) is 2. The Morgan fingerprint density at radius 3 is 2.75 bits per heavy atom. The molecule has 4 nitrogen and oxygen atoms in total. The number of anilines is 1. The van der Waals surface area contributed by atoms with Crippen molar-refractivity contribution in [1.29, 1.82) is 0 Å². The van der Waals surface area contributed by atoms with Crippen LogP contribution < -0.4 is 5.32 Å². The fourth-order valence-corrected chi connectivity index (χ4v) is 1.43. The monoisotopic (exact) mass is 282 g/mol. The van der Waals surface area contributed by atoms with Crippen molar-refractivity contribution in [2.24, 2.45) is 0 Å². The number of nitrogens with zero attached hydrogens (tertiary/aromatic N) is 1. The number of pyridine rings is 1. The van der Waals surface area contributed by atoms with Gasteiger partial charge in [-0.3, -0.25) is 0 Å². The minimum atomic E-state index is -1.02. The molecule has 1 rings (SSSR count). The Balaban J connectivity index is 3.02. The second-order valence-electron chi connectivity index (χ2n) is 3.75. The third-order valence-electron chi connectivity index (χ3n) is 1.88. The molecule has 0 amide bonds. The normalized spacial score (nSPS) is 10.6. The lowest BCUT2D eigenvalue weighted by molar-refractivity contribution is 0.0696. The molecule has 0 saturated heterocycles. The Kier molecular flexibility index (Phi) is 3.55. The van der Waals surface area contributed by atoms with E-state index in [4.69, 9.17) is 11.5 Å². The van der Waals surface area contributed by atoms with E-state index < -0.39 is 11.5 Å². The highest BCUT2D eigenvalue weighted by Gasteiger charge is 2.16. The number of carbonyl (C=O) groups is 1. The van der Waals surface area contributed by atoms with Gasteiger partial charge in [0.25, 0.3) is 0 Å². The summed E-state index contributed by atoms with van der Waals surface area (Å²) in [6.45, 7) is 3.65. The lowest BCUT2D eigenvalue weighted by Crippen LogP contribution is -2.29. The van der Waals surface area contributed by atoms with Crippen LogP contribution in [-0.4, -0.2) is 21.6 Å². The maximum absolute atomic E-state index is 10.7. The Morgan fingerprint density at radius 2 is 2.31 bits per heavy atom. The zero-order chi connectivity index (χ0) is 12.3. The van der Waals surface area contributed by atoms with Gasteiger partial charge in [-0.25, -0.2) is 9.78 Å².